The third-order valence-electron chi connectivity index (χ3n) is 2.54. The van der Waals surface area contributed by atoms with Gasteiger partial charge in [0, 0.05) is 35.3 Å². The zero-order valence-electron chi connectivity index (χ0n) is 8.78. The third kappa shape index (κ3) is 2.44. The van der Waals surface area contributed by atoms with E-state index < -0.39 is 0 Å². The summed E-state index contributed by atoms with van der Waals surface area (Å²) in [5.74, 6) is 1.97. The van der Waals surface area contributed by atoms with Crippen LogP contribution in [0, 0.1) is 0 Å². The Bertz CT molecular complexity index is 405. The van der Waals surface area contributed by atoms with Gasteiger partial charge < -0.3 is 10.6 Å². The van der Waals surface area contributed by atoms with Crippen molar-refractivity contribution in [1.29, 1.82) is 0 Å². The zero-order chi connectivity index (χ0) is 11.5. The summed E-state index contributed by atoms with van der Waals surface area (Å²) in [5, 5.41) is 0.545. The van der Waals surface area contributed by atoms with E-state index in [9.17, 15) is 4.79 Å². The Kier molecular flexibility index (Phi) is 3.61. The zero-order valence-corrected chi connectivity index (χ0v) is 10.4. The van der Waals surface area contributed by atoms with Gasteiger partial charge in [0.15, 0.2) is 0 Å². The first-order valence-electron chi connectivity index (χ1n) is 5.10. The molecule has 0 unspecified atom stereocenters. The van der Waals surface area contributed by atoms with Crippen LogP contribution in [0.15, 0.2) is 18.2 Å². The fraction of sp³-hybridized carbons (Fsp3) is 0.364. The summed E-state index contributed by atoms with van der Waals surface area (Å²) in [5.41, 5.74) is 6.79. The fourth-order valence-electron chi connectivity index (χ4n) is 1.65. The molecule has 1 heterocycles. The van der Waals surface area contributed by atoms with Gasteiger partial charge in [0.1, 0.15) is 0 Å². The van der Waals surface area contributed by atoms with E-state index >= 15 is 0 Å². The van der Waals surface area contributed by atoms with Crippen molar-refractivity contribution in [3.63, 3.8) is 0 Å². The molecule has 2 N–H and O–H groups in total. The SMILES string of the molecule is Nc1ccc(Cl)cc1C(=O)N1CCSCC1. The molecule has 0 saturated carbocycles. The van der Waals surface area contributed by atoms with E-state index in [2.05, 4.69) is 0 Å². The molecule has 0 aromatic heterocycles. The molecule has 86 valence electrons. The topological polar surface area (TPSA) is 46.3 Å². The molecule has 1 fully saturated rings. The number of carbonyl (C=O) groups is 1. The van der Waals surface area contributed by atoms with Crippen LogP contribution in [-0.4, -0.2) is 35.4 Å². The molecule has 0 aliphatic carbocycles. The summed E-state index contributed by atoms with van der Waals surface area (Å²) >= 11 is 7.74. The number of benzene rings is 1. The largest absolute Gasteiger partial charge is 0.398 e. The molecule has 1 aromatic rings. The van der Waals surface area contributed by atoms with Crippen molar-refractivity contribution >= 4 is 35.0 Å². The molecule has 2 rings (SSSR count). The van der Waals surface area contributed by atoms with Gasteiger partial charge in [-0.05, 0) is 18.2 Å². The number of hydrogen-bond donors (Lipinski definition) is 1. The standard InChI is InChI=1S/C11H13ClN2OS/c12-8-1-2-10(13)9(7-8)11(15)14-3-5-16-6-4-14/h1-2,7H,3-6,13H2. The summed E-state index contributed by atoms with van der Waals surface area (Å²) in [6.07, 6.45) is 0. The van der Waals surface area contributed by atoms with Gasteiger partial charge >= 0.3 is 0 Å². The number of nitrogens with two attached hydrogens (primary N) is 1. The van der Waals surface area contributed by atoms with Crippen LogP contribution in [0.5, 0.6) is 0 Å². The van der Waals surface area contributed by atoms with Crippen LogP contribution in [0.4, 0.5) is 5.69 Å². The Morgan fingerprint density at radius 1 is 1.38 bits per heavy atom. The number of amides is 1. The lowest BCUT2D eigenvalue weighted by molar-refractivity contribution is 0.0773. The van der Waals surface area contributed by atoms with E-state index in [0.29, 0.717) is 16.3 Å². The monoisotopic (exact) mass is 256 g/mol. The minimum Gasteiger partial charge on any atom is -0.398 e. The Hall–Kier alpha value is -0.870. The highest BCUT2D eigenvalue weighted by Gasteiger charge is 2.20. The predicted octanol–water partition coefficient (Wildman–Crippen LogP) is 2.11. The lowest BCUT2D eigenvalue weighted by Gasteiger charge is -2.26. The Morgan fingerprint density at radius 3 is 2.75 bits per heavy atom. The van der Waals surface area contributed by atoms with Crippen LogP contribution >= 0.6 is 23.4 Å². The van der Waals surface area contributed by atoms with Gasteiger partial charge in [-0.3, -0.25) is 4.79 Å². The van der Waals surface area contributed by atoms with Gasteiger partial charge in [-0.1, -0.05) is 11.6 Å². The molecule has 5 heteroatoms. The van der Waals surface area contributed by atoms with Crippen LogP contribution in [0.1, 0.15) is 10.4 Å². The Labute approximate surface area is 104 Å². The van der Waals surface area contributed by atoms with Crippen LogP contribution < -0.4 is 5.73 Å². The molecule has 0 atom stereocenters. The summed E-state index contributed by atoms with van der Waals surface area (Å²) in [4.78, 5) is 14.0. The number of carbonyl (C=O) groups excluding carboxylic acids is 1. The van der Waals surface area contributed by atoms with Crippen LogP contribution in [0.25, 0.3) is 0 Å². The van der Waals surface area contributed by atoms with Gasteiger partial charge in [0.25, 0.3) is 5.91 Å². The van der Waals surface area contributed by atoms with Crippen LogP contribution in [0.3, 0.4) is 0 Å². The number of halogens is 1. The van der Waals surface area contributed by atoms with Crippen molar-refractivity contribution in [3.05, 3.63) is 28.8 Å². The van der Waals surface area contributed by atoms with Crippen molar-refractivity contribution in [2.45, 2.75) is 0 Å². The molecule has 1 saturated heterocycles. The maximum absolute atomic E-state index is 12.2. The van der Waals surface area contributed by atoms with E-state index in [-0.39, 0.29) is 5.91 Å². The van der Waals surface area contributed by atoms with E-state index in [1.807, 2.05) is 16.7 Å². The molecular weight excluding hydrogens is 244 g/mol. The summed E-state index contributed by atoms with van der Waals surface area (Å²) in [6.45, 7) is 1.57. The highest BCUT2D eigenvalue weighted by Crippen LogP contribution is 2.21. The Morgan fingerprint density at radius 2 is 2.06 bits per heavy atom. The number of nitrogen functional groups attached to an aromatic ring is 1. The molecule has 1 aromatic carbocycles. The first-order chi connectivity index (χ1) is 7.68. The van der Waals surface area contributed by atoms with Gasteiger partial charge in [0.05, 0.1) is 5.56 Å². The molecule has 0 radical (unpaired) electrons. The second-order valence-electron chi connectivity index (χ2n) is 3.64. The smallest absolute Gasteiger partial charge is 0.256 e. The molecule has 0 bridgehead atoms. The van der Waals surface area contributed by atoms with Crippen LogP contribution in [0.2, 0.25) is 5.02 Å². The molecule has 3 nitrogen and oxygen atoms in total. The van der Waals surface area contributed by atoms with Crippen molar-refractivity contribution in [3.8, 4) is 0 Å². The lowest BCUT2D eigenvalue weighted by Crippen LogP contribution is -2.38. The molecule has 16 heavy (non-hydrogen) atoms. The van der Waals surface area contributed by atoms with Crippen molar-refractivity contribution in [1.82, 2.24) is 4.90 Å². The quantitative estimate of drug-likeness (QED) is 0.783. The van der Waals surface area contributed by atoms with Gasteiger partial charge in [-0.15, -0.1) is 0 Å². The summed E-state index contributed by atoms with van der Waals surface area (Å²) in [7, 11) is 0. The van der Waals surface area contributed by atoms with Crippen molar-refractivity contribution in [2.24, 2.45) is 0 Å². The first-order valence-corrected chi connectivity index (χ1v) is 6.64. The normalized spacial score (nSPS) is 16.2. The maximum atomic E-state index is 12.2. The number of thioether (sulfide) groups is 1. The minimum absolute atomic E-state index is 0.0136. The average molecular weight is 257 g/mol. The van der Waals surface area contributed by atoms with E-state index in [1.54, 1.807) is 18.2 Å². The van der Waals surface area contributed by atoms with Gasteiger partial charge in [-0.2, -0.15) is 11.8 Å². The lowest BCUT2D eigenvalue weighted by atomic mass is 10.1. The molecular formula is C11H13ClN2OS. The first kappa shape index (κ1) is 11.6. The van der Waals surface area contributed by atoms with E-state index in [0.717, 1.165) is 24.6 Å². The molecule has 1 aliphatic rings. The molecule has 0 spiro atoms. The average Bonchev–Trinajstić information content (AvgIpc) is 2.32. The second-order valence-corrected chi connectivity index (χ2v) is 5.30. The number of anilines is 1. The highest BCUT2D eigenvalue weighted by atomic mass is 35.5. The molecule has 1 amide bonds. The number of rotatable bonds is 1. The number of hydrogen-bond acceptors (Lipinski definition) is 3. The summed E-state index contributed by atoms with van der Waals surface area (Å²) in [6, 6.07) is 5.01. The minimum atomic E-state index is -0.0136. The third-order valence-corrected chi connectivity index (χ3v) is 3.72. The van der Waals surface area contributed by atoms with E-state index in [1.165, 1.54) is 0 Å². The molecule has 1 aliphatic heterocycles. The summed E-state index contributed by atoms with van der Waals surface area (Å²) < 4.78 is 0. The highest BCUT2D eigenvalue weighted by molar-refractivity contribution is 7.99. The van der Waals surface area contributed by atoms with Crippen molar-refractivity contribution in [2.75, 3.05) is 30.3 Å². The second kappa shape index (κ2) is 4.97. The van der Waals surface area contributed by atoms with Gasteiger partial charge in [0.2, 0.25) is 0 Å². The Balaban J connectivity index is 2.22. The predicted molar refractivity (Wildman–Crippen MR) is 69.1 cm³/mol. The van der Waals surface area contributed by atoms with E-state index in [4.69, 9.17) is 17.3 Å². The van der Waals surface area contributed by atoms with Gasteiger partial charge in [-0.25, -0.2) is 0 Å². The van der Waals surface area contributed by atoms with Crippen molar-refractivity contribution < 1.29 is 4.79 Å². The van der Waals surface area contributed by atoms with Crippen LogP contribution in [-0.2, 0) is 0 Å². The maximum Gasteiger partial charge on any atom is 0.256 e. The number of nitrogens with zero attached hydrogens (tertiary/aromatic N) is 1. The fourth-order valence-corrected chi connectivity index (χ4v) is 2.73.